The van der Waals surface area contributed by atoms with E-state index in [4.69, 9.17) is 14.2 Å². The lowest BCUT2D eigenvalue weighted by Crippen LogP contribution is -2.36. The molecule has 2 aromatic carbocycles. The van der Waals surface area contributed by atoms with Gasteiger partial charge in [-0.2, -0.15) is 0 Å². The zero-order valence-corrected chi connectivity index (χ0v) is 13.7. The number of ether oxygens (including phenoxy) is 3. The molecule has 0 amide bonds. The van der Waals surface area contributed by atoms with Gasteiger partial charge >= 0.3 is 0 Å². The van der Waals surface area contributed by atoms with Gasteiger partial charge < -0.3 is 19.1 Å². The molecule has 2 heterocycles. The van der Waals surface area contributed by atoms with Crippen LogP contribution in [0.4, 0.5) is 11.4 Å². The van der Waals surface area contributed by atoms with Gasteiger partial charge in [-0.25, -0.2) is 0 Å². The Morgan fingerprint density at radius 1 is 1.00 bits per heavy atom. The van der Waals surface area contributed by atoms with Crippen LogP contribution in [0, 0.1) is 6.92 Å². The Morgan fingerprint density at radius 3 is 2.46 bits per heavy atom. The monoisotopic (exact) mass is 324 g/mol. The Hall–Kier alpha value is -2.53. The lowest BCUT2D eigenvalue weighted by molar-refractivity contribution is 0.122. The molecule has 5 heteroatoms. The zero-order chi connectivity index (χ0) is 16.4. The van der Waals surface area contributed by atoms with Crippen LogP contribution in [0.25, 0.3) is 0 Å². The number of fused-ring (bicyclic) bond motifs is 1. The summed E-state index contributed by atoms with van der Waals surface area (Å²) < 4.78 is 16.2. The van der Waals surface area contributed by atoms with Crippen molar-refractivity contribution in [3.8, 4) is 11.5 Å². The van der Waals surface area contributed by atoms with E-state index in [-0.39, 0.29) is 0 Å². The van der Waals surface area contributed by atoms with Crippen LogP contribution in [0.1, 0.15) is 11.1 Å². The molecule has 0 N–H and O–H groups in total. The van der Waals surface area contributed by atoms with E-state index >= 15 is 0 Å². The molecule has 0 aromatic heterocycles. The normalized spacial score (nSPS) is 16.8. The Labute approximate surface area is 141 Å². The molecule has 0 radical (unpaired) electrons. The number of anilines is 1. The Bertz CT molecular complexity index is 750. The highest BCUT2D eigenvalue weighted by atomic mass is 16.7. The topological polar surface area (TPSA) is 43.3 Å². The van der Waals surface area contributed by atoms with Crippen LogP contribution >= 0.6 is 0 Å². The van der Waals surface area contributed by atoms with Gasteiger partial charge in [0.25, 0.3) is 0 Å². The molecule has 24 heavy (non-hydrogen) atoms. The predicted molar refractivity (Wildman–Crippen MR) is 94.0 cm³/mol. The van der Waals surface area contributed by atoms with Crippen LogP contribution in [-0.4, -0.2) is 39.3 Å². The van der Waals surface area contributed by atoms with Crippen molar-refractivity contribution < 1.29 is 14.2 Å². The first-order valence-electron chi connectivity index (χ1n) is 8.17. The van der Waals surface area contributed by atoms with Crippen LogP contribution in [0.15, 0.2) is 41.4 Å². The summed E-state index contributed by atoms with van der Waals surface area (Å²) in [7, 11) is 0. The molecule has 0 spiro atoms. The third kappa shape index (κ3) is 3.08. The molecule has 0 saturated carbocycles. The maximum Gasteiger partial charge on any atom is 0.231 e. The second kappa shape index (κ2) is 6.53. The zero-order valence-electron chi connectivity index (χ0n) is 13.7. The van der Waals surface area contributed by atoms with Crippen LogP contribution in [0.5, 0.6) is 11.5 Å². The molecule has 2 aliphatic rings. The largest absolute Gasteiger partial charge is 0.454 e. The smallest absolute Gasteiger partial charge is 0.231 e. The minimum absolute atomic E-state index is 0.290. The molecule has 0 atom stereocenters. The number of nitrogens with zero attached hydrogens (tertiary/aromatic N) is 2. The van der Waals surface area contributed by atoms with Gasteiger partial charge in [0.1, 0.15) is 0 Å². The molecule has 0 bridgehead atoms. The summed E-state index contributed by atoms with van der Waals surface area (Å²) in [6, 6.07) is 12.3. The fraction of sp³-hybridized carbons (Fsp3) is 0.316. The van der Waals surface area contributed by atoms with Crippen molar-refractivity contribution in [2.75, 3.05) is 38.0 Å². The molecular formula is C19H20N2O3. The SMILES string of the molecule is Cc1cc2c(cc1C=Nc1ccc(N3CCOCC3)cc1)OCO2. The van der Waals surface area contributed by atoms with E-state index in [2.05, 4.69) is 22.0 Å². The van der Waals surface area contributed by atoms with Gasteiger partial charge in [0.2, 0.25) is 6.79 Å². The van der Waals surface area contributed by atoms with Crippen molar-refractivity contribution in [2.24, 2.45) is 4.99 Å². The average Bonchev–Trinajstić information content (AvgIpc) is 3.08. The van der Waals surface area contributed by atoms with Crippen molar-refractivity contribution in [2.45, 2.75) is 6.92 Å². The quantitative estimate of drug-likeness (QED) is 0.813. The third-order valence-electron chi connectivity index (χ3n) is 4.34. The summed E-state index contributed by atoms with van der Waals surface area (Å²) >= 11 is 0. The molecule has 0 unspecified atom stereocenters. The fourth-order valence-corrected chi connectivity index (χ4v) is 2.91. The highest BCUT2D eigenvalue weighted by molar-refractivity contribution is 5.85. The van der Waals surface area contributed by atoms with E-state index in [0.29, 0.717) is 6.79 Å². The number of aliphatic imine (C=N–C) groups is 1. The summed E-state index contributed by atoms with van der Waals surface area (Å²) in [5.74, 6) is 1.59. The summed E-state index contributed by atoms with van der Waals surface area (Å²) in [5, 5.41) is 0. The lowest BCUT2D eigenvalue weighted by Gasteiger charge is -2.28. The van der Waals surface area contributed by atoms with Crippen molar-refractivity contribution >= 4 is 17.6 Å². The maximum absolute atomic E-state index is 5.43. The summed E-state index contributed by atoms with van der Waals surface area (Å²) in [6.45, 7) is 5.81. The summed E-state index contributed by atoms with van der Waals surface area (Å²) in [4.78, 5) is 6.92. The van der Waals surface area contributed by atoms with Gasteiger partial charge in [0, 0.05) is 25.0 Å². The van der Waals surface area contributed by atoms with Crippen molar-refractivity contribution in [1.29, 1.82) is 0 Å². The molecule has 0 aliphatic carbocycles. The molecule has 124 valence electrons. The highest BCUT2D eigenvalue weighted by Crippen LogP contribution is 2.34. The number of benzene rings is 2. The fourth-order valence-electron chi connectivity index (χ4n) is 2.91. The number of morpholine rings is 1. The number of hydrogen-bond donors (Lipinski definition) is 0. The molecule has 2 aromatic rings. The van der Waals surface area contributed by atoms with E-state index in [1.807, 2.05) is 37.4 Å². The maximum atomic E-state index is 5.43. The summed E-state index contributed by atoms with van der Waals surface area (Å²) in [6.07, 6.45) is 1.88. The van der Waals surface area contributed by atoms with Crippen LogP contribution in [-0.2, 0) is 4.74 Å². The van der Waals surface area contributed by atoms with Crippen LogP contribution < -0.4 is 14.4 Å². The van der Waals surface area contributed by atoms with Gasteiger partial charge in [-0.05, 0) is 54.4 Å². The molecule has 1 saturated heterocycles. The van der Waals surface area contributed by atoms with Gasteiger partial charge in [0.15, 0.2) is 11.5 Å². The standard InChI is InChI=1S/C19H20N2O3/c1-14-10-18-19(24-13-23-18)11-15(14)12-20-16-2-4-17(5-3-16)21-6-8-22-9-7-21/h2-5,10-12H,6-9,13H2,1H3. The van der Waals surface area contributed by atoms with E-state index in [1.54, 1.807) is 0 Å². The van der Waals surface area contributed by atoms with Gasteiger partial charge in [-0.15, -0.1) is 0 Å². The average molecular weight is 324 g/mol. The van der Waals surface area contributed by atoms with Gasteiger partial charge in [0.05, 0.1) is 18.9 Å². The Morgan fingerprint density at radius 2 is 1.71 bits per heavy atom. The van der Waals surface area contributed by atoms with Crippen molar-refractivity contribution in [3.05, 3.63) is 47.5 Å². The van der Waals surface area contributed by atoms with E-state index in [1.165, 1.54) is 5.69 Å². The van der Waals surface area contributed by atoms with Gasteiger partial charge in [-0.3, -0.25) is 4.99 Å². The molecule has 5 nitrogen and oxygen atoms in total. The Balaban J connectivity index is 1.50. The van der Waals surface area contributed by atoms with E-state index < -0.39 is 0 Å². The summed E-state index contributed by atoms with van der Waals surface area (Å²) in [5.41, 5.74) is 4.31. The first-order chi connectivity index (χ1) is 11.8. The highest BCUT2D eigenvalue weighted by Gasteiger charge is 2.15. The van der Waals surface area contributed by atoms with Crippen LogP contribution in [0.3, 0.4) is 0 Å². The number of aryl methyl sites for hydroxylation is 1. The molecule has 1 fully saturated rings. The third-order valence-corrected chi connectivity index (χ3v) is 4.34. The minimum Gasteiger partial charge on any atom is -0.454 e. The van der Waals surface area contributed by atoms with Crippen LogP contribution in [0.2, 0.25) is 0 Å². The first kappa shape index (κ1) is 15.0. The number of hydrogen-bond acceptors (Lipinski definition) is 5. The minimum atomic E-state index is 0.290. The van der Waals surface area contributed by atoms with E-state index in [9.17, 15) is 0 Å². The van der Waals surface area contributed by atoms with Gasteiger partial charge in [-0.1, -0.05) is 0 Å². The van der Waals surface area contributed by atoms with E-state index in [0.717, 1.165) is 54.6 Å². The van der Waals surface area contributed by atoms with Crippen molar-refractivity contribution in [3.63, 3.8) is 0 Å². The second-order valence-corrected chi connectivity index (χ2v) is 5.94. The second-order valence-electron chi connectivity index (χ2n) is 5.94. The Kier molecular flexibility index (Phi) is 4.09. The number of rotatable bonds is 3. The lowest BCUT2D eigenvalue weighted by atomic mass is 10.1. The molecular weight excluding hydrogens is 304 g/mol. The first-order valence-corrected chi connectivity index (χ1v) is 8.17. The van der Waals surface area contributed by atoms with Crippen molar-refractivity contribution in [1.82, 2.24) is 0 Å². The predicted octanol–water partition coefficient (Wildman–Crippen LogP) is 3.31. The molecule has 2 aliphatic heterocycles. The molecule has 4 rings (SSSR count).